The Bertz CT molecular complexity index is 30.7. The lowest BCUT2D eigenvalue weighted by atomic mass is 10.9. The van der Waals surface area contributed by atoms with Gasteiger partial charge in [-0.1, -0.05) is 11.6 Å². The molecule has 1 atom stereocenters. The lowest BCUT2D eigenvalue weighted by Crippen LogP contribution is -2.02. The number of alkyl halides is 2. The average Bonchev–Trinajstić information content (AvgIpc) is 1.65. The van der Waals surface area contributed by atoms with E-state index in [9.17, 15) is 0 Å². The molecule has 0 amide bonds. The monoisotopic (exact) mass is 144 g/mol. The second kappa shape index (κ2) is 3.93. The van der Waals surface area contributed by atoms with Crippen molar-refractivity contribution in [3.05, 3.63) is 0 Å². The third-order valence-electron chi connectivity index (χ3n) is 0.377. The fourth-order valence-electron chi connectivity index (χ4n) is 0.0630. The van der Waals surface area contributed by atoms with Gasteiger partial charge < -0.3 is 4.43 Å². The van der Waals surface area contributed by atoms with Crippen LogP contribution >= 0.6 is 23.2 Å². The van der Waals surface area contributed by atoms with Gasteiger partial charge in [-0.05, 0) is 0 Å². The smallest absolute Gasteiger partial charge is 0.148 e. The highest BCUT2D eigenvalue weighted by atomic mass is 35.5. The van der Waals surface area contributed by atoms with Gasteiger partial charge >= 0.3 is 0 Å². The highest BCUT2D eigenvalue weighted by Gasteiger charge is 1.93. The largest absolute Gasteiger partial charge is 0.411 e. The summed E-state index contributed by atoms with van der Waals surface area (Å²) >= 11 is 10.5. The van der Waals surface area contributed by atoms with Gasteiger partial charge in [0.25, 0.3) is 0 Å². The predicted octanol–water partition coefficient (Wildman–Crippen LogP) is 0.0871. The van der Waals surface area contributed by atoms with Crippen LogP contribution in [0.2, 0.25) is 0 Å². The highest BCUT2D eigenvalue weighted by molar-refractivity contribution is 6.28. The van der Waals surface area contributed by atoms with Crippen molar-refractivity contribution in [1.82, 2.24) is 0 Å². The summed E-state index contributed by atoms with van der Waals surface area (Å²) in [5.41, 5.74) is -0.265. The molecule has 6 heavy (non-hydrogen) atoms. The molecule has 0 bridgehead atoms. The molecular weight excluding hydrogens is 139 g/mol. The molecule has 0 aromatic rings. The first-order valence-electron chi connectivity index (χ1n) is 1.54. The summed E-state index contributed by atoms with van der Waals surface area (Å²) in [5, 5.41) is 0. The molecule has 4 heteroatoms. The van der Waals surface area contributed by atoms with E-state index in [0.717, 1.165) is 0 Å². The van der Waals surface area contributed by atoms with E-state index in [1.807, 2.05) is 0 Å². The Kier molecular flexibility index (Phi) is 4.43. The van der Waals surface area contributed by atoms with Gasteiger partial charge in [-0.2, -0.15) is 0 Å². The number of hydrogen-bond donors (Lipinski definition) is 0. The molecule has 0 N–H and O–H groups in total. The van der Waals surface area contributed by atoms with Crippen LogP contribution in [0.25, 0.3) is 0 Å². The van der Waals surface area contributed by atoms with Crippen LogP contribution in [-0.2, 0) is 4.43 Å². The predicted molar refractivity (Wildman–Crippen MR) is 31.4 cm³/mol. The Morgan fingerprint density at radius 2 is 2.33 bits per heavy atom. The molecule has 0 aliphatic carbocycles. The van der Waals surface area contributed by atoms with E-state index in [1.165, 1.54) is 0 Å². The van der Waals surface area contributed by atoms with E-state index in [2.05, 4.69) is 4.43 Å². The summed E-state index contributed by atoms with van der Waals surface area (Å²) in [5.74, 6) is 0.380. The normalized spacial score (nSPS) is 15.0. The van der Waals surface area contributed by atoms with Crippen LogP contribution in [0.4, 0.5) is 0 Å². The standard InChI is InChI=1S/C2H6Cl2OSi/c3-1-2(4)5-6/h2H,1H2,6H3. The van der Waals surface area contributed by atoms with E-state index >= 15 is 0 Å². The van der Waals surface area contributed by atoms with Crippen LogP contribution in [0.5, 0.6) is 0 Å². The van der Waals surface area contributed by atoms with Crippen molar-refractivity contribution in [3.8, 4) is 0 Å². The van der Waals surface area contributed by atoms with E-state index < -0.39 is 0 Å². The lowest BCUT2D eigenvalue weighted by molar-refractivity contribution is 0.335. The summed E-state index contributed by atoms with van der Waals surface area (Å²) in [6.45, 7) is 0. The molecule has 0 aromatic heterocycles. The Balaban J connectivity index is 2.75. The minimum Gasteiger partial charge on any atom is -0.411 e. The van der Waals surface area contributed by atoms with Crippen molar-refractivity contribution >= 4 is 33.7 Å². The molecule has 0 radical (unpaired) electrons. The van der Waals surface area contributed by atoms with Gasteiger partial charge in [0.15, 0.2) is 0 Å². The van der Waals surface area contributed by atoms with Crippen LogP contribution in [0, 0.1) is 0 Å². The van der Waals surface area contributed by atoms with E-state index in [-0.39, 0.29) is 5.56 Å². The Morgan fingerprint density at radius 3 is 2.33 bits per heavy atom. The topological polar surface area (TPSA) is 9.23 Å². The second-order valence-electron chi connectivity index (χ2n) is 0.800. The van der Waals surface area contributed by atoms with E-state index in [0.29, 0.717) is 16.4 Å². The van der Waals surface area contributed by atoms with Gasteiger partial charge in [0.1, 0.15) is 16.0 Å². The Hall–Kier alpha value is 0.757. The minimum absolute atomic E-state index is 0.265. The van der Waals surface area contributed by atoms with E-state index in [4.69, 9.17) is 23.2 Å². The van der Waals surface area contributed by atoms with Crippen LogP contribution in [0.1, 0.15) is 0 Å². The zero-order chi connectivity index (χ0) is 4.99. The Labute approximate surface area is 50.1 Å². The molecule has 0 fully saturated rings. The number of hydrogen-bond acceptors (Lipinski definition) is 1. The molecule has 0 saturated heterocycles. The summed E-state index contributed by atoms with van der Waals surface area (Å²) in [7, 11) is 0.666. The van der Waals surface area contributed by atoms with Crippen molar-refractivity contribution < 1.29 is 4.43 Å². The molecule has 1 unspecified atom stereocenters. The van der Waals surface area contributed by atoms with Crippen molar-refractivity contribution in [3.63, 3.8) is 0 Å². The lowest BCUT2D eigenvalue weighted by Gasteiger charge is -1.98. The SMILES string of the molecule is [SiH3]OC(Cl)CCl. The first-order chi connectivity index (χ1) is 2.81. The van der Waals surface area contributed by atoms with E-state index in [1.54, 1.807) is 0 Å². The quantitative estimate of drug-likeness (QED) is 0.395. The van der Waals surface area contributed by atoms with Crippen molar-refractivity contribution in [1.29, 1.82) is 0 Å². The number of rotatable bonds is 2. The average molecular weight is 145 g/mol. The summed E-state index contributed by atoms with van der Waals surface area (Å²) < 4.78 is 4.67. The molecule has 0 aliphatic heterocycles. The molecule has 0 saturated carbocycles. The second-order valence-corrected chi connectivity index (χ2v) is 2.07. The summed E-state index contributed by atoms with van der Waals surface area (Å²) in [4.78, 5) is 0. The molecule has 38 valence electrons. The van der Waals surface area contributed by atoms with Crippen LogP contribution in [0.3, 0.4) is 0 Å². The first-order valence-corrected chi connectivity index (χ1v) is 3.33. The molecule has 0 heterocycles. The summed E-state index contributed by atoms with van der Waals surface area (Å²) in [6.07, 6.45) is 0. The molecule has 0 rings (SSSR count). The zero-order valence-corrected chi connectivity index (χ0v) is 6.96. The van der Waals surface area contributed by atoms with Gasteiger partial charge in [-0.25, -0.2) is 0 Å². The maximum absolute atomic E-state index is 5.33. The fourth-order valence-corrected chi connectivity index (χ4v) is 0.567. The van der Waals surface area contributed by atoms with Gasteiger partial charge in [-0.15, -0.1) is 11.6 Å². The maximum Gasteiger partial charge on any atom is 0.148 e. The molecular formula is C2H6Cl2OSi. The maximum atomic E-state index is 5.33. The van der Waals surface area contributed by atoms with Crippen LogP contribution < -0.4 is 0 Å². The van der Waals surface area contributed by atoms with Crippen molar-refractivity contribution in [2.75, 3.05) is 5.88 Å². The van der Waals surface area contributed by atoms with Crippen LogP contribution in [-0.4, -0.2) is 21.9 Å². The molecule has 0 spiro atoms. The summed E-state index contributed by atoms with van der Waals surface area (Å²) in [6, 6.07) is 0. The van der Waals surface area contributed by atoms with Gasteiger partial charge in [0.05, 0.1) is 5.88 Å². The van der Waals surface area contributed by atoms with Gasteiger partial charge in [-0.3, -0.25) is 0 Å². The van der Waals surface area contributed by atoms with Crippen molar-refractivity contribution in [2.24, 2.45) is 0 Å². The minimum atomic E-state index is -0.265. The third-order valence-corrected chi connectivity index (χ3v) is 2.02. The third kappa shape index (κ3) is 2.97. The van der Waals surface area contributed by atoms with Crippen LogP contribution in [0.15, 0.2) is 0 Å². The highest BCUT2D eigenvalue weighted by Crippen LogP contribution is 1.95. The van der Waals surface area contributed by atoms with Gasteiger partial charge in [0, 0.05) is 0 Å². The molecule has 1 nitrogen and oxygen atoms in total. The Morgan fingerprint density at radius 1 is 1.83 bits per heavy atom. The fraction of sp³-hybridized carbons (Fsp3) is 1.00. The molecule has 0 aromatic carbocycles. The van der Waals surface area contributed by atoms with Gasteiger partial charge in [0.2, 0.25) is 0 Å². The first kappa shape index (κ1) is 6.76. The number of halogens is 2. The molecule has 0 aliphatic rings. The zero-order valence-electron chi connectivity index (χ0n) is 3.45. The van der Waals surface area contributed by atoms with Crippen molar-refractivity contribution in [2.45, 2.75) is 5.56 Å².